The molecule has 0 aromatic heterocycles. The molecule has 0 heterocycles. The van der Waals surface area contributed by atoms with E-state index in [1.165, 1.54) is 31.3 Å². The summed E-state index contributed by atoms with van der Waals surface area (Å²) in [5, 5.41) is 23.5. The summed E-state index contributed by atoms with van der Waals surface area (Å²) in [4.78, 5) is 0. The Labute approximate surface area is 205 Å². The average Bonchev–Trinajstić information content (AvgIpc) is 3.08. The molecule has 10 atom stereocenters. The molecule has 4 aliphatic carbocycles. The van der Waals surface area contributed by atoms with Crippen LogP contribution >= 0.6 is 0 Å². The van der Waals surface area contributed by atoms with Crippen molar-refractivity contribution in [3.8, 4) is 0 Å². The summed E-state index contributed by atoms with van der Waals surface area (Å²) in [6.45, 7) is 21.6. The smallest absolute Gasteiger partial charge is 0.0654 e. The second kappa shape index (κ2) is 8.09. The Morgan fingerprint density at radius 2 is 1.58 bits per heavy atom. The molecule has 4 aliphatic rings. The lowest BCUT2D eigenvalue weighted by molar-refractivity contribution is -0.240. The Balaban J connectivity index is 1.66. The van der Waals surface area contributed by atoms with Gasteiger partial charge in [-0.15, -0.1) is 0 Å². The van der Waals surface area contributed by atoms with Gasteiger partial charge in [-0.1, -0.05) is 53.2 Å². The molecule has 2 nitrogen and oxygen atoms in total. The molecule has 0 saturated heterocycles. The van der Waals surface area contributed by atoms with Gasteiger partial charge in [-0.3, -0.25) is 0 Å². The predicted octanol–water partition coefficient (Wildman–Crippen LogP) is 7.78. The van der Waals surface area contributed by atoms with Crippen LogP contribution in [0.3, 0.4) is 0 Å². The molecule has 0 amide bonds. The highest BCUT2D eigenvalue weighted by Crippen LogP contribution is 2.76. The summed E-state index contributed by atoms with van der Waals surface area (Å²) >= 11 is 0. The summed E-state index contributed by atoms with van der Waals surface area (Å²) in [6, 6.07) is 0. The van der Waals surface area contributed by atoms with Crippen molar-refractivity contribution in [1.82, 2.24) is 0 Å². The van der Waals surface area contributed by atoms with Crippen LogP contribution in [0.2, 0.25) is 0 Å². The molecule has 2 heteroatoms. The lowest BCUT2D eigenvalue weighted by Crippen LogP contribution is -2.66. The van der Waals surface area contributed by atoms with Gasteiger partial charge in [-0.25, -0.2) is 0 Å². The number of aliphatic hydroxyl groups is 2. The lowest BCUT2D eigenvalue weighted by Gasteiger charge is -2.70. The monoisotopic (exact) mass is 458 g/mol. The first kappa shape index (κ1) is 25.7. The molecule has 0 aliphatic heterocycles. The summed E-state index contributed by atoms with van der Waals surface area (Å²) in [7, 11) is 0. The molecular formula is C31H54O2. The minimum Gasteiger partial charge on any atom is -0.393 e. The van der Waals surface area contributed by atoms with Crippen LogP contribution in [0.1, 0.15) is 120 Å². The summed E-state index contributed by atoms with van der Waals surface area (Å²) in [6.07, 6.45) is 12.1. The molecule has 10 unspecified atom stereocenters. The Morgan fingerprint density at radius 1 is 0.939 bits per heavy atom. The third-order valence-electron chi connectivity index (χ3n) is 12.9. The second-order valence-electron chi connectivity index (χ2n) is 14.9. The number of allylic oxidation sites excluding steroid dienone is 2. The van der Waals surface area contributed by atoms with Crippen LogP contribution in [0.5, 0.6) is 0 Å². The van der Waals surface area contributed by atoms with Gasteiger partial charge in [-0.05, 0) is 130 Å². The molecule has 2 N–H and O–H groups in total. The van der Waals surface area contributed by atoms with Gasteiger partial charge in [0.15, 0.2) is 0 Å². The van der Waals surface area contributed by atoms with Crippen LogP contribution in [0, 0.1) is 51.2 Å². The van der Waals surface area contributed by atoms with Gasteiger partial charge in [0.05, 0.1) is 11.7 Å². The predicted molar refractivity (Wildman–Crippen MR) is 139 cm³/mol. The normalized spacial score (nSPS) is 50.5. The maximum atomic E-state index is 11.8. The van der Waals surface area contributed by atoms with Crippen LogP contribution in [-0.4, -0.2) is 21.9 Å². The van der Waals surface area contributed by atoms with Gasteiger partial charge >= 0.3 is 0 Å². The van der Waals surface area contributed by atoms with Crippen LogP contribution in [-0.2, 0) is 0 Å². The number of hydrogen-bond donors (Lipinski definition) is 2. The summed E-state index contributed by atoms with van der Waals surface area (Å²) < 4.78 is 0. The van der Waals surface area contributed by atoms with E-state index in [1.54, 1.807) is 0 Å². The first-order valence-corrected chi connectivity index (χ1v) is 14.1. The van der Waals surface area contributed by atoms with Gasteiger partial charge in [0.25, 0.3) is 0 Å². The fraction of sp³-hybridized carbons (Fsp3) is 0.935. The van der Waals surface area contributed by atoms with E-state index >= 15 is 0 Å². The van der Waals surface area contributed by atoms with Gasteiger partial charge in [0, 0.05) is 0 Å². The number of aliphatic hydroxyl groups excluding tert-OH is 1. The van der Waals surface area contributed by atoms with E-state index < -0.39 is 5.60 Å². The maximum Gasteiger partial charge on any atom is 0.0654 e. The quantitative estimate of drug-likeness (QED) is 0.422. The third-order valence-corrected chi connectivity index (χ3v) is 12.9. The SMILES string of the molecule is CC(C)=CCCC(C)(O)C1CCC2(C)C1C(O)CC1C3(C)CCC(C)C(C)(C)C3CCC12C. The van der Waals surface area contributed by atoms with Gasteiger partial charge in [0.1, 0.15) is 0 Å². The van der Waals surface area contributed by atoms with Crippen molar-refractivity contribution < 1.29 is 10.2 Å². The molecule has 190 valence electrons. The van der Waals surface area contributed by atoms with Gasteiger partial charge in [-0.2, -0.15) is 0 Å². The van der Waals surface area contributed by atoms with E-state index in [2.05, 4.69) is 68.4 Å². The highest BCUT2D eigenvalue weighted by molar-refractivity contribution is 5.19. The zero-order valence-corrected chi connectivity index (χ0v) is 23.3. The van der Waals surface area contributed by atoms with Gasteiger partial charge < -0.3 is 10.2 Å². The van der Waals surface area contributed by atoms with E-state index in [0.717, 1.165) is 43.9 Å². The molecule has 0 bridgehead atoms. The molecular weight excluding hydrogens is 404 g/mol. The minimum atomic E-state index is -0.706. The molecule has 0 aromatic rings. The molecule has 0 aromatic carbocycles. The number of rotatable bonds is 4. The van der Waals surface area contributed by atoms with E-state index in [9.17, 15) is 10.2 Å². The van der Waals surface area contributed by atoms with Crippen LogP contribution in [0.25, 0.3) is 0 Å². The van der Waals surface area contributed by atoms with Crippen molar-refractivity contribution in [1.29, 1.82) is 0 Å². The molecule has 0 radical (unpaired) electrons. The van der Waals surface area contributed by atoms with Gasteiger partial charge in [0.2, 0.25) is 0 Å². The number of hydrogen-bond acceptors (Lipinski definition) is 2. The van der Waals surface area contributed by atoms with Crippen LogP contribution < -0.4 is 0 Å². The highest BCUT2D eigenvalue weighted by atomic mass is 16.3. The Morgan fingerprint density at radius 3 is 2.21 bits per heavy atom. The first-order valence-electron chi connectivity index (χ1n) is 14.1. The van der Waals surface area contributed by atoms with E-state index in [-0.39, 0.29) is 28.8 Å². The van der Waals surface area contributed by atoms with Crippen molar-refractivity contribution >= 4 is 0 Å². The van der Waals surface area contributed by atoms with E-state index in [4.69, 9.17) is 0 Å². The zero-order valence-electron chi connectivity index (χ0n) is 23.3. The second-order valence-corrected chi connectivity index (χ2v) is 14.9. The Kier molecular flexibility index (Phi) is 6.31. The fourth-order valence-electron chi connectivity index (χ4n) is 10.5. The fourth-order valence-corrected chi connectivity index (χ4v) is 10.5. The number of fused-ring (bicyclic) bond motifs is 5. The van der Waals surface area contributed by atoms with Crippen LogP contribution in [0.4, 0.5) is 0 Å². The van der Waals surface area contributed by atoms with Crippen molar-refractivity contribution in [3.05, 3.63) is 11.6 Å². The molecule has 4 saturated carbocycles. The molecule has 4 rings (SSSR count). The first-order chi connectivity index (χ1) is 15.1. The Hall–Kier alpha value is -0.340. The molecule has 0 spiro atoms. The molecule has 33 heavy (non-hydrogen) atoms. The Bertz CT molecular complexity index is 776. The maximum absolute atomic E-state index is 11.8. The lowest BCUT2D eigenvalue weighted by atomic mass is 9.34. The largest absolute Gasteiger partial charge is 0.393 e. The minimum absolute atomic E-state index is 0.113. The highest BCUT2D eigenvalue weighted by Gasteiger charge is 2.71. The zero-order chi connectivity index (χ0) is 24.6. The molecule has 4 fully saturated rings. The van der Waals surface area contributed by atoms with Crippen molar-refractivity contribution in [2.75, 3.05) is 0 Å². The summed E-state index contributed by atoms with van der Waals surface area (Å²) in [5.41, 5.74) is 1.68. The topological polar surface area (TPSA) is 40.5 Å². The third kappa shape index (κ3) is 3.62. The van der Waals surface area contributed by atoms with Crippen LogP contribution in [0.15, 0.2) is 11.6 Å². The van der Waals surface area contributed by atoms with Crippen molar-refractivity contribution in [3.63, 3.8) is 0 Å². The van der Waals surface area contributed by atoms with E-state index in [0.29, 0.717) is 16.7 Å². The van der Waals surface area contributed by atoms with Crippen molar-refractivity contribution in [2.45, 2.75) is 132 Å². The van der Waals surface area contributed by atoms with Crippen molar-refractivity contribution in [2.24, 2.45) is 51.2 Å². The summed E-state index contributed by atoms with van der Waals surface area (Å²) in [5.74, 6) is 2.54. The van der Waals surface area contributed by atoms with E-state index in [1.807, 2.05) is 0 Å². The average molecular weight is 459 g/mol. The standard InChI is InChI=1S/C31H54O2/c1-20(2)11-10-15-31(9,33)22-13-17-30(8)26(22)23(32)19-25-28(6)16-12-21(3)27(4,5)24(28)14-18-29(25,30)7/h11,21-26,32-33H,10,12-19H2,1-9H3.